The maximum atomic E-state index is 16.3. The predicted molar refractivity (Wildman–Crippen MR) is 193 cm³/mol. The van der Waals surface area contributed by atoms with Gasteiger partial charge < -0.3 is 0 Å². The summed E-state index contributed by atoms with van der Waals surface area (Å²) in [5.74, 6) is -0.420. The van der Waals surface area contributed by atoms with Crippen LogP contribution >= 0.6 is 0 Å². The zero-order chi connectivity index (χ0) is 34.1. The lowest BCUT2D eigenvalue weighted by Crippen LogP contribution is -2.19. The molecule has 0 N–H and O–H groups in total. The first-order chi connectivity index (χ1) is 21.1. The molecule has 242 valence electrons. The van der Waals surface area contributed by atoms with Crippen LogP contribution in [0, 0.1) is 47.4 Å². The molecule has 5 rings (SSSR count). The Morgan fingerprint density at radius 2 is 1.16 bits per heavy atom. The number of pyridine rings is 1. The van der Waals surface area contributed by atoms with Gasteiger partial charge in [-0.25, -0.2) is 13.8 Å². The average Bonchev–Trinajstić information content (AvgIpc) is 3.42. The van der Waals surface area contributed by atoms with Gasteiger partial charge in [0.15, 0.2) is 0 Å². The fraction of sp³-hybridized carbons (Fsp3) is 0.475. The molecule has 0 aliphatic heterocycles. The highest BCUT2D eigenvalue weighted by Gasteiger charge is 2.33. The number of aromatic nitrogens is 2. The van der Waals surface area contributed by atoms with Gasteiger partial charge in [-0.15, -0.1) is 0 Å². The standard InChI is InChI=1S/C32H34F2N2.4C2H6/c1-9-32(34,10-2)26-16-23(33)15-25-24-13-11-12-14-27(24)36-30(22(8)35-31(36)29(25)26)28-20(6)18(4)17(3)19(5)21(28)7;4*1-2/h11-16H,9-10H2,1-8H3;4*1-2H3. The maximum absolute atomic E-state index is 16.3. The first-order valence-electron chi connectivity index (χ1n) is 16.8. The van der Waals surface area contributed by atoms with Gasteiger partial charge in [0.2, 0.25) is 0 Å². The molecule has 2 heterocycles. The van der Waals surface area contributed by atoms with Crippen molar-refractivity contribution < 1.29 is 8.78 Å². The van der Waals surface area contributed by atoms with Gasteiger partial charge in [-0.2, -0.15) is 0 Å². The number of nitrogens with zero attached hydrogens (tertiary/aromatic N) is 2. The number of para-hydroxylation sites is 1. The molecule has 0 fully saturated rings. The highest BCUT2D eigenvalue weighted by molar-refractivity contribution is 6.14. The Balaban J connectivity index is 0.00000112. The first-order valence-corrected chi connectivity index (χ1v) is 16.8. The number of rotatable bonds is 4. The molecule has 4 heteroatoms. The molecule has 0 radical (unpaired) electrons. The molecule has 5 aromatic rings. The number of benzene rings is 3. The maximum Gasteiger partial charge on any atom is 0.146 e. The van der Waals surface area contributed by atoms with Gasteiger partial charge in [0.1, 0.15) is 17.1 Å². The molecule has 0 bridgehead atoms. The summed E-state index contributed by atoms with van der Waals surface area (Å²) in [7, 11) is 0. The zero-order valence-electron chi connectivity index (χ0n) is 30.5. The number of imidazole rings is 1. The second-order valence-corrected chi connectivity index (χ2v) is 10.3. The first kappa shape index (κ1) is 38.8. The second kappa shape index (κ2) is 16.7. The lowest BCUT2D eigenvalue weighted by Gasteiger charge is -2.25. The SMILES string of the molecule is CC.CC.CC.CC.CCC(F)(CC)c1cc(F)cc2c3ccccc3n3c(-c4c(C)c(C)c(C)c(C)c4C)c(C)nc3c12. The van der Waals surface area contributed by atoms with Crippen molar-refractivity contribution in [2.24, 2.45) is 0 Å². The summed E-state index contributed by atoms with van der Waals surface area (Å²) in [6.45, 7) is 32.5. The van der Waals surface area contributed by atoms with E-state index < -0.39 is 11.5 Å². The van der Waals surface area contributed by atoms with Crippen molar-refractivity contribution in [3.8, 4) is 11.3 Å². The smallest absolute Gasteiger partial charge is 0.146 e. The third kappa shape index (κ3) is 6.55. The van der Waals surface area contributed by atoms with E-state index in [1.165, 1.54) is 45.5 Å². The third-order valence-corrected chi connectivity index (χ3v) is 8.65. The minimum absolute atomic E-state index is 0.266. The Labute approximate surface area is 266 Å². The molecule has 0 spiro atoms. The topological polar surface area (TPSA) is 17.3 Å². The van der Waals surface area contributed by atoms with Crippen LogP contribution in [0.15, 0.2) is 36.4 Å². The molecule has 0 atom stereocenters. The molecule has 0 unspecified atom stereocenters. The van der Waals surface area contributed by atoms with E-state index in [1.807, 2.05) is 94.4 Å². The van der Waals surface area contributed by atoms with Crippen LogP contribution in [0.5, 0.6) is 0 Å². The van der Waals surface area contributed by atoms with E-state index in [2.05, 4.69) is 45.1 Å². The summed E-state index contributed by atoms with van der Waals surface area (Å²) in [5.41, 5.74) is 9.76. The molecule has 0 amide bonds. The summed E-state index contributed by atoms with van der Waals surface area (Å²) in [5, 5.41) is 2.30. The largest absolute Gasteiger partial charge is 0.291 e. The van der Waals surface area contributed by atoms with Crippen molar-refractivity contribution in [3.63, 3.8) is 0 Å². The van der Waals surface area contributed by atoms with Crippen LogP contribution in [0.3, 0.4) is 0 Å². The van der Waals surface area contributed by atoms with E-state index in [0.29, 0.717) is 22.0 Å². The quantitative estimate of drug-likeness (QED) is 0.187. The molecular weight excluding hydrogens is 546 g/mol. The monoisotopic (exact) mass is 604 g/mol. The van der Waals surface area contributed by atoms with Gasteiger partial charge in [0, 0.05) is 21.9 Å². The van der Waals surface area contributed by atoms with Crippen molar-refractivity contribution in [2.75, 3.05) is 0 Å². The Morgan fingerprint density at radius 3 is 1.66 bits per heavy atom. The summed E-state index contributed by atoms with van der Waals surface area (Å²) in [4.78, 5) is 5.08. The van der Waals surface area contributed by atoms with Crippen molar-refractivity contribution >= 4 is 27.3 Å². The van der Waals surface area contributed by atoms with Crippen LogP contribution in [0.4, 0.5) is 8.78 Å². The van der Waals surface area contributed by atoms with Crippen LogP contribution in [0.2, 0.25) is 0 Å². The molecule has 2 nitrogen and oxygen atoms in total. The van der Waals surface area contributed by atoms with Crippen LogP contribution < -0.4 is 0 Å². The molecule has 0 saturated carbocycles. The average molecular weight is 605 g/mol. The molecular formula is C40H58F2N2. The van der Waals surface area contributed by atoms with Crippen LogP contribution in [0.1, 0.15) is 121 Å². The Morgan fingerprint density at radius 1 is 0.682 bits per heavy atom. The predicted octanol–water partition coefficient (Wildman–Crippen LogP) is 13.4. The highest BCUT2D eigenvalue weighted by Crippen LogP contribution is 2.44. The lowest BCUT2D eigenvalue weighted by atomic mass is 9.86. The summed E-state index contributed by atoms with van der Waals surface area (Å²) >= 11 is 0. The Hall–Kier alpha value is -3.27. The number of hydrogen-bond donors (Lipinski definition) is 0. The van der Waals surface area contributed by atoms with Gasteiger partial charge in [0.25, 0.3) is 0 Å². The van der Waals surface area contributed by atoms with E-state index >= 15 is 8.78 Å². The summed E-state index contributed by atoms with van der Waals surface area (Å²) in [6.07, 6.45) is 0.532. The molecule has 2 aromatic heterocycles. The van der Waals surface area contributed by atoms with Gasteiger partial charge in [0.05, 0.1) is 16.9 Å². The molecule has 3 aromatic carbocycles. The van der Waals surface area contributed by atoms with Gasteiger partial charge in [-0.3, -0.25) is 4.40 Å². The van der Waals surface area contributed by atoms with Gasteiger partial charge >= 0.3 is 0 Å². The number of aryl methyl sites for hydroxylation is 1. The van der Waals surface area contributed by atoms with Crippen molar-refractivity contribution in [1.82, 2.24) is 9.38 Å². The van der Waals surface area contributed by atoms with Gasteiger partial charge in [-0.05, 0) is 106 Å². The zero-order valence-corrected chi connectivity index (χ0v) is 30.5. The van der Waals surface area contributed by atoms with E-state index in [4.69, 9.17) is 4.98 Å². The fourth-order valence-corrected chi connectivity index (χ4v) is 6.02. The number of hydrogen-bond acceptors (Lipinski definition) is 1. The van der Waals surface area contributed by atoms with E-state index in [-0.39, 0.29) is 12.8 Å². The minimum atomic E-state index is -1.65. The lowest BCUT2D eigenvalue weighted by molar-refractivity contribution is 0.153. The Kier molecular flexibility index (Phi) is 14.7. The normalized spacial score (nSPS) is 10.7. The minimum Gasteiger partial charge on any atom is -0.291 e. The molecule has 0 saturated heterocycles. The second-order valence-electron chi connectivity index (χ2n) is 10.3. The van der Waals surface area contributed by atoms with E-state index in [1.54, 1.807) is 0 Å². The van der Waals surface area contributed by atoms with Crippen LogP contribution in [0.25, 0.3) is 38.6 Å². The highest BCUT2D eigenvalue weighted by atomic mass is 19.1. The number of alkyl halides is 1. The molecule has 0 aliphatic rings. The summed E-state index contributed by atoms with van der Waals surface area (Å²) < 4.78 is 33.5. The molecule has 0 aliphatic carbocycles. The van der Waals surface area contributed by atoms with Crippen LogP contribution in [-0.2, 0) is 5.67 Å². The third-order valence-electron chi connectivity index (χ3n) is 8.65. The Bertz CT molecular complexity index is 1660. The number of halogens is 2. The van der Waals surface area contributed by atoms with Crippen molar-refractivity contribution in [1.29, 1.82) is 0 Å². The van der Waals surface area contributed by atoms with E-state index in [9.17, 15) is 0 Å². The molecule has 44 heavy (non-hydrogen) atoms. The van der Waals surface area contributed by atoms with E-state index in [0.717, 1.165) is 22.3 Å². The van der Waals surface area contributed by atoms with Crippen LogP contribution in [-0.4, -0.2) is 9.38 Å². The fourth-order valence-electron chi connectivity index (χ4n) is 6.02. The van der Waals surface area contributed by atoms with Crippen molar-refractivity contribution in [3.05, 3.63) is 81.3 Å². The van der Waals surface area contributed by atoms with Crippen molar-refractivity contribution in [2.45, 2.75) is 129 Å². The summed E-state index contributed by atoms with van der Waals surface area (Å²) in [6, 6.07) is 10.9. The number of fused-ring (bicyclic) bond motifs is 6. The van der Waals surface area contributed by atoms with Gasteiger partial charge in [-0.1, -0.05) is 87.4 Å².